The van der Waals surface area contributed by atoms with Crippen LogP contribution in [0.15, 0.2) is 39.5 Å². The van der Waals surface area contributed by atoms with E-state index >= 15 is 0 Å². The number of methoxy groups -OCH3 is 2. The van der Waals surface area contributed by atoms with Crippen molar-refractivity contribution >= 4 is 11.0 Å². The quantitative estimate of drug-likeness (QED) is 0.641. The van der Waals surface area contributed by atoms with E-state index in [9.17, 15) is 4.79 Å². The number of hydrogen-bond acceptors (Lipinski definition) is 6. The molecule has 28 heavy (non-hydrogen) atoms. The Morgan fingerprint density at radius 1 is 1.04 bits per heavy atom. The summed E-state index contributed by atoms with van der Waals surface area (Å²) in [6, 6.07) is 9.79. The Kier molecular flexibility index (Phi) is 4.73. The van der Waals surface area contributed by atoms with E-state index in [0.29, 0.717) is 42.5 Å². The summed E-state index contributed by atoms with van der Waals surface area (Å²) >= 11 is 0. The second-order valence-corrected chi connectivity index (χ2v) is 7.01. The zero-order chi connectivity index (χ0) is 19.8. The molecule has 1 aromatic heterocycles. The van der Waals surface area contributed by atoms with Gasteiger partial charge in [-0.05, 0) is 49.2 Å². The van der Waals surface area contributed by atoms with Crippen LogP contribution in [-0.2, 0) is 13.1 Å². The van der Waals surface area contributed by atoms with Crippen LogP contribution in [0.2, 0.25) is 0 Å². The van der Waals surface area contributed by atoms with Crippen molar-refractivity contribution in [3.8, 4) is 17.2 Å². The van der Waals surface area contributed by atoms with E-state index in [2.05, 4.69) is 4.90 Å². The van der Waals surface area contributed by atoms with Gasteiger partial charge in [0, 0.05) is 24.0 Å². The first-order valence-electron chi connectivity index (χ1n) is 9.13. The van der Waals surface area contributed by atoms with E-state index < -0.39 is 0 Å². The predicted octanol–water partition coefficient (Wildman–Crippen LogP) is 3.78. The smallest absolute Gasteiger partial charge is 0.339 e. The maximum Gasteiger partial charge on any atom is 0.339 e. The highest BCUT2D eigenvalue weighted by atomic mass is 16.5. The van der Waals surface area contributed by atoms with E-state index in [1.54, 1.807) is 21.1 Å². The molecule has 4 rings (SSSR count). The van der Waals surface area contributed by atoms with Crippen LogP contribution < -0.4 is 19.8 Å². The van der Waals surface area contributed by atoms with Crippen LogP contribution in [0.1, 0.15) is 22.3 Å². The second-order valence-electron chi connectivity index (χ2n) is 7.01. The first kappa shape index (κ1) is 18.4. The Hall–Kier alpha value is -2.99. The van der Waals surface area contributed by atoms with Crippen molar-refractivity contribution in [1.29, 1.82) is 0 Å². The topological polar surface area (TPSA) is 61.1 Å². The summed E-state index contributed by atoms with van der Waals surface area (Å²) in [6.07, 6.45) is 0. The fraction of sp³-hybridized carbons (Fsp3) is 0.318. The first-order chi connectivity index (χ1) is 13.5. The van der Waals surface area contributed by atoms with Gasteiger partial charge in [-0.1, -0.05) is 6.07 Å². The maximum atomic E-state index is 12.2. The lowest BCUT2D eigenvalue weighted by Gasteiger charge is -2.29. The minimum absolute atomic E-state index is 0.296. The van der Waals surface area contributed by atoms with E-state index in [0.717, 1.165) is 27.8 Å². The molecule has 0 amide bonds. The molecule has 3 aromatic rings. The number of aryl methyl sites for hydroxylation is 1. The van der Waals surface area contributed by atoms with E-state index in [1.807, 2.05) is 37.3 Å². The summed E-state index contributed by atoms with van der Waals surface area (Å²) in [7, 11) is 3.25. The molecule has 0 atom stereocenters. The SMILES string of the molecule is COc1ccc(CN2COc3ccc4c(C)c(C)c(=O)oc4c3C2)cc1OC. The van der Waals surface area contributed by atoms with Crippen molar-refractivity contribution in [3.05, 3.63) is 63.0 Å². The molecule has 0 radical (unpaired) electrons. The Morgan fingerprint density at radius 2 is 1.82 bits per heavy atom. The van der Waals surface area contributed by atoms with Gasteiger partial charge in [0.1, 0.15) is 18.1 Å². The number of fused-ring (bicyclic) bond motifs is 3. The number of nitrogens with zero attached hydrogens (tertiary/aromatic N) is 1. The van der Waals surface area contributed by atoms with Gasteiger partial charge in [0.25, 0.3) is 0 Å². The van der Waals surface area contributed by atoms with Crippen LogP contribution in [0.3, 0.4) is 0 Å². The Morgan fingerprint density at radius 3 is 2.57 bits per heavy atom. The maximum absolute atomic E-state index is 12.2. The summed E-state index contributed by atoms with van der Waals surface area (Å²) in [5, 5.41) is 0.951. The van der Waals surface area contributed by atoms with Gasteiger partial charge in [-0.2, -0.15) is 0 Å². The molecule has 6 heteroatoms. The number of ether oxygens (including phenoxy) is 3. The van der Waals surface area contributed by atoms with Crippen LogP contribution in [0.4, 0.5) is 0 Å². The molecule has 2 aromatic carbocycles. The van der Waals surface area contributed by atoms with E-state index in [1.165, 1.54) is 0 Å². The molecule has 0 aliphatic carbocycles. The molecule has 1 aliphatic rings. The standard InChI is InChI=1S/C22H23NO5/c1-13-14(2)22(24)28-21-16(13)6-8-18-17(21)11-23(12-27-18)10-15-5-7-19(25-3)20(9-15)26-4/h5-9H,10-12H2,1-4H3. The summed E-state index contributed by atoms with van der Waals surface area (Å²) in [6.45, 7) is 5.51. The lowest BCUT2D eigenvalue weighted by Crippen LogP contribution is -2.31. The summed E-state index contributed by atoms with van der Waals surface area (Å²) in [5.74, 6) is 2.16. The monoisotopic (exact) mass is 381 g/mol. The van der Waals surface area contributed by atoms with E-state index in [-0.39, 0.29) is 5.63 Å². The molecule has 6 nitrogen and oxygen atoms in total. The molecule has 146 valence electrons. The molecule has 0 N–H and O–H groups in total. The Bertz CT molecular complexity index is 1100. The number of hydrogen-bond donors (Lipinski definition) is 0. The Labute approximate surface area is 163 Å². The van der Waals surface area contributed by atoms with Crippen molar-refractivity contribution in [1.82, 2.24) is 4.90 Å². The molecular weight excluding hydrogens is 358 g/mol. The first-order valence-corrected chi connectivity index (χ1v) is 9.13. The highest BCUT2D eigenvalue weighted by molar-refractivity contribution is 5.85. The van der Waals surface area contributed by atoms with Crippen LogP contribution >= 0.6 is 0 Å². The minimum atomic E-state index is -0.296. The highest BCUT2D eigenvalue weighted by Gasteiger charge is 2.23. The zero-order valence-electron chi connectivity index (χ0n) is 16.5. The van der Waals surface area contributed by atoms with Crippen molar-refractivity contribution in [3.63, 3.8) is 0 Å². The molecule has 0 spiro atoms. The van der Waals surface area contributed by atoms with Crippen LogP contribution in [0, 0.1) is 13.8 Å². The van der Waals surface area contributed by atoms with Crippen LogP contribution in [-0.4, -0.2) is 25.9 Å². The molecule has 2 heterocycles. The summed E-state index contributed by atoms with van der Waals surface area (Å²) in [4.78, 5) is 14.3. The van der Waals surface area contributed by atoms with E-state index in [4.69, 9.17) is 18.6 Å². The minimum Gasteiger partial charge on any atom is -0.493 e. The third kappa shape index (κ3) is 3.10. The lowest BCUT2D eigenvalue weighted by atomic mass is 10.0. The highest BCUT2D eigenvalue weighted by Crippen LogP contribution is 2.34. The molecule has 0 saturated carbocycles. The molecular formula is C22H23NO5. The van der Waals surface area contributed by atoms with Crippen molar-refractivity contribution < 1.29 is 18.6 Å². The van der Waals surface area contributed by atoms with Gasteiger partial charge in [0.15, 0.2) is 11.5 Å². The predicted molar refractivity (Wildman–Crippen MR) is 106 cm³/mol. The molecule has 1 aliphatic heterocycles. The van der Waals surface area contributed by atoms with Crippen molar-refractivity contribution in [2.24, 2.45) is 0 Å². The molecule has 0 saturated heterocycles. The molecule has 0 unspecified atom stereocenters. The van der Waals surface area contributed by atoms with Gasteiger partial charge in [-0.25, -0.2) is 4.79 Å². The Balaban J connectivity index is 1.67. The van der Waals surface area contributed by atoms with Gasteiger partial charge in [0.2, 0.25) is 0 Å². The largest absolute Gasteiger partial charge is 0.493 e. The average Bonchev–Trinajstić information content (AvgIpc) is 2.72. The van der Waals surface area contributed by atoms with Gasteiger partial charge >= 0.3 is 5.63 Å². The summed E-state index contributed by atoms with van der Waals surface area (Å²) in [5.41, 5.74) is 3.90. The van der Waals surface area contributed by atoms with Gasteiger partial charge in [0.05, 0.1) is 19.8 Å². The van der Waals surface area contributed by atoms with Crippen molar-refractivity contribution in [2.75, 3.05) is 21.0 Å². The normalized spacial score (nSPS) is 13.9. The lowest BCUT2D eigenvalue weighted by molar-refractivity contribution is 0.0889. The number of benzene rings is 2. The summed E-state index contributed by atoms with van der Waals surface area (Å²) < 4.78 is 22.3. The van der Waals surface area contributed by atoms with Crippen LogP contribution in [0.25, 0.3) is 11.0 Å². The third-order valence-electron chi connectivity index (χ3n) is 5.32. The average molecular weight is 381 g/mol. The van der Waals surface area contributed by atoms with Gasteiger partial charge in [-0.3, -0.25) is 4.90 Å². The molecule has 0 fully saturated rings. The zero-order valence-corrected chi connectivity index (χ0v) is 16.5. The third-order valence-corrected chi connectivity index (χ3v) is 5.32. The fourth-order valence-corrected chi connectivity index (χ4v) is 3.60. The molecule has 0 bridgehead atoms. The second kappa shape index (κ2) is 7.20. The van der Waals surface area contributed by atoms with Crippen LogP contribution in [0.5, 0.6) is 17.2 Å². The van der Waals surface area contributed by atoms with Gasteiger partial charge < -0.3 is 18.6 Å². The van der Waals surface area contributed by atoms with Crippen molar-refractivity contribution in [2.45, 2.75) is 26.9 Å². The number of rotatable bonds is 4. The fourth-order valence-electron chi connectivity index (χ4n) is 3.60. The van der Waals surface area contributed by atoms with Gasteiger partial charge in [-0.15, -0.1) is 0 Å².